The first kappa shape index (κ1) is 20.8. The molecule has 2 aromatic heterocycles. The zero-order chi connectivity index (χ0) is 22.5. The molecule has 2 aliphatic heterocycles. The molecule has 0 bridgehead atoms. The maximum atomic E-state index is 13.1. The minimum absolute atomic E-state index is 0.261. The second kappa shape index (κ2) is 8.24. The number of fused-ring (bicyclic) bond motifs is 2. The van der Waals surface area contributed by atoms with Crippen LogP contribution >= 0.6 is 0 Å². The summed E-state index contributed by atoms with van der Waals surface area (Å²) in [5, 5.41) is 10.1. The maximum absolute atomic E-state index is 13.1. The van der Waals surface area contributed by atoms with Crippen LogP contribution in [0.15, 0.2) is 24.4 Å². The van der Waals surface area contributed by atoms with Crippen molar-refractivity contribution in [2.24, 2.45) is 11.7 Å². The summed E-state index contributed by atoms with van der Waals surface area (Å²) in [6.45, 7) is 3.15. The average molecular weight is 451 g/mol. The highest BCUT2D eigenvalue weighted by Crippen LogP contribution is 2.37. The Balaban J connectivity index is 1.27. The topological polar surface area (TPSA) is 82.0 Å². The number of likely N-dealkylation sites (tertiary alicyclic amines) is 1. The molecule has 0 atom stereocenters. The van der Waals surface area contributed by atoms with Crippen LogP contribution in [0.1, 0.15) is 60.7 Å². The highest BCUT2D eigenvalue weighted by Gasteiger charge is 2.31. The number of rotatable bonds is 5. The third-order valence-electron chi connectivity index (χ3n) is 7.82. The van der Waals surface area contributed by atoms with Gasteiger partial charge in [-0.05, 0) is 68.6 Å². The van der Waals surface area contributed by atoms with Crippen molar-refractivity contribution in [2.75, 3.05) is 19.6 Å². The summed E-state index contributed by atoms with van der Waals surface area (Å²) in [5.74, 6) is 0.131. The fourth-order valence-electron chi connectivity index (χ4n) is 6.02. The van der Waals surface area contributed by atoms with Crippen LogP contribution in [0.2, 0.25) is 0 Å². The molecule has 0 unspecified atom stereocenters. The number of nitrogens with two attached hydrogens (primary N) is 1. The van der Waals surface area contributed by atoms with Crippen molar-refractivity contribution in [3.05, 3.63) is 35.8 Å². The van der Waals surface area contributed by atoms with E-state index in [1.165, 1.54) is 18.5 Å². The van der Waals surface area contributed by atoms with E-state index in [2.05, 4.69) is 32.9 Å². The van der Waals surface area contributed by atoms with Gasteiger partial charge in [-0.3, -0.25) is 19.1 Å². The van der Waals surface area contributed by atoms with E-state index in [1.54, 1.807) is 0 Å². The number of aryl methyl sites for hydroxylation is 1. The van der Waals surface area contributed by atoms with Gasteiger partial charge in [-0.25, -0.2) is 4.39 Å². The van der Waals surface area contributed by atoms with Crippen molar-refractivity contribution in [2.45, 2.75) is 63.7 Å². The first-order valence-corrected chi connectivity index (χ1v) is 12.3. The summed E-state index contributed by atoms with van der Waals surface area (Å²) in [7, 11) is 0. The number of carbonyl (C=O) groups excluding carboxylic acids is 1. The molecule has 1 aromatic carbocycles. The Bertz CT molecular complexity index is 1190. The van der Waals surface area contributed by atoms with Gasteiger partial charge in [0.2, 0.25) is 0 Å². The molecule has 0 radical (unpaired) electrons. The zero-order valence-electron chi connectivity index (χ0n) is 18.9. The number of nitrogens with zero attached hydrogens (tertiary/aromatic N) is 5. The minimum atomic E-state index is -0.637. The Labute approximate surface area is 192 Å². The van der Waals surface area contributed by atoms with Gasteiger partial charge in [0, 0.05) is 42.8 Å². The van der Waals surface area contributed by atoms with Gasteiger partial charge >= 0.3 is 0 Å². The van der Waals surface area contributed by atoms with E-state index in [-0.39, 0.29) is 6.04 Å². The molecule has 1 aliphatic carbocycles. The number of hydrogen-bond acceptors (Lipinski definition) is 4. The first-order valence-electron chi connectivity index (χ1n) is 12.3. The molecule has 7 nitrogen and oxygen atoms in total. The summed E-state index contributed by atoms with van der Waals surface area (Å²) in [6.07, 6.45) is 8.93. The number of primary amides is 1. The Hall–Kier alpha value is -2.74. The number of halogens is 1. The van der Waals surface area contributed by atoms with E-state index >= 15 is 0 Å². The van der Waals surface area contributed by atoms with Crippen LogP contribution < -0.4 is 5.73 Å². The predicted octanol–water partition coefficient (Wildman–Crippen LogP) is 3.72. The molecule has 174 valence electrons. The summed E-state index contributed by atoms with van der Waals surface area (Å²) in [4.78, 5) is 14.5. The Kier molecular flexibility index (Phi) is 5.20. The molecule has 2 fully saturated rings. The zero-order valence-corrected chi connectivity index (χ0v) is 18.9. The van der Waals surface area contributed by atoms with Crippen molar-refractivity contribution < 1.29 is 9.18 Å². The van der Waals surface area contributed by atoms with Gasteiger partial charge in [-0.1, -0.05) is 6.07 Å². The lowest BCUT2D eigenvalue weighted by Crippen LogP contribution is -2.50. The molecule has 1 saturated carbocycles. The summed E-state index contributed by atoms with van der Waals surface area (Å²) >= 11 is 0. The van der Waals surface area contributed by atoms with Gasteiger partial charge in [0.15, 0.2) is 5.69 Å². The number of carbonyl (C=O) groups is 1. The molecule has 1 amide bonds. The minimum Gasteiger partial charge on any atom is -0.364 e. The summed E-state index contributed by atoms with van der Waals surface area (Å²) < 4.78 is 17.3. The smallest absolute Gasteiger partial charge is 0.269 e. The molecule has 3 aliphatic rings. The third-order valence-corrected chi connectivity index (χ3v) is 7.82. The highest BCUT2D eigenvalue weighted by molar-refractivity contribution is 6.05. The standard InChI is InChI=1S/C25H31FN6O/c26-18-14-30(15-18)13-16-4-7-19(8-5-16)32-23-9-6-17(11-20(23)24(29-32)25(27)33)21-12-28-31-10-2-1-3-22(21)31/h6,9,11-12,16,18-19H,1-5,7-8,10,13-15H2,(H2,27,33). The van der Waals surface area contributed by atoms with Crippen molar-refractivity contribution in [3.8, 4) is 11.1 Å². The average Bonchev–Trinajstić information content (AvgIpc) is 3.40. The van der Waals surface area contributed by atoms with E-state index in [0.29, 0.717) is 24.7 Å². The number of hydrogen-bond donors (Lipinski definition) is 1. The largest absolute Gasteiger partial charge is 0.364 e. The van der Waals surface area contributed by atoms with Crippen molar-refractivity contribution in [1.82, 2.24) is 24.5 Å². The predicted molar refractivity (Wildman–Crippen MR) is 125 cm³/mol. The van der Waals surface area contributed by atoms with Gasteiger partial charge in [0.05, 0.1) is 17.8 Å². The number of aromatic nitrogens is 4. The first-order chi connectivity index (χ1) is 16.1. The second-order valence-corrected chi connectivity index (χ2v) is 10.1. The molecular formula is C25H31FN6O. The van der Waals surface area contributed by atoms with Gasteiger partial charge in [0.25, 0.3) is 5.91 Å². The van der Waals surface area contributed by atoms with Crippen molar-refractivity contribution in [1.29, 1.82) is 0 Å². The number of benzene rings is 1. The lowest BCUT2D eigenvalue weighted by molar-refractivity contribution is 0.0432. The quantitative estimate of drug-likeness (QED) is 0.642. The highest BCUT2D eigenvalue weighted by atomic mass is 19.1. The summed E-state index contributed by atoms with van der Waals surface area (Å²) in [6, 6.07) is 6.54. The monoisotopic (exact) mass is 450 g/mol. The van der Waals surface area contributed by atoms with Gasteiger partial charge in [-0.15, -0.1) is 0 Å². The van der Waals surface area contributed by atoms with Crippen LogP contribution in [-0.2, 0) is 13.0 Å². The molecule has 0 spiro atoms. The lowest BCUT2D eigenvalue weighted by atomic mass is 9.85. The Morgan fingerprint density at radius 1 is 1.15 bits per heavy atom. The fourth-order valence-corrected chi connectivity index (χ4v) is 6.02. The van der Waals surface area contributed by atoms with Gasteiger partial charge in [0.1, 0.15) is 6.17 Å². The van der Waals surface area contributed by atoms with E-state index in [0.717, 1.165) is 67.2 Å². The molecule has 4 heterocycles. The second-order valence-electron chi connectivity index (χ2n) is 10.1. The van der Waals surface area contributed by atoms with Crippen molar-refractivity contribution >= 4 is 16.8 Å². The van der Waals surface area contributed by atoms with Crippen LogP contribution in [0.25, 0.3) is 22.0 Å². The third kappa shape index (κ3) is 3.74. The molecule has 6 rings (SSSR count). The normalized spacial score (nSPS) is 24.0. The number of alkyl halides is 1. The van der Waals surface area contributed by atoms with Gasteiger partial charge < -0.3 is 5.73 Å². The van der Waals surface area contributed by atoms with Gasteiger partial charge in [-0.2, -0.15) is 10.2 Å². The lowest BCUT2D eigenvalue weighted by Gasteiger charge is -2.39. The Morgan fingerprint density at radius 3 is 2.73 bits per heavy atom. The van der Waals surface area contributed by atoms with E-state index < -0.39 is 12.1 Å². The molecule has 2 N–H and O–H groups in total. The van der Waals surface area contributed by atoms with E-state index in [1.807, 2.05) is 10.9 Å². The van der Waals surface area contributed by atoms with E-state index in [4.69, 9.17) is 10.8 Å². The van der Waals surface area contributed by atoms with Crippen molar-refractivity contribution in [3.63, 3.8) is 0 Å². The van der Waals surface area contributed by atoms with Crippen LogP contribution in [0.3, 0.4) is 0 Å². The SMILES string of the molecule is NC(=O)c1nn(C2CCC(CN3CC(F)C3)CC2)c2ccc(-c3cnn4c3CCCC4)cc12. The molecular weight excluding hydrogens is 419 g/mol. The van der Waals surface area contributed by atoms with Crippen LogP contribution in [0, 0.1) is 5.92 Å². The molecule has 1 saturated heterocycles. The fraction of sp³-hybridized carbons (Fsp3) is 0.560. The molecule has 33 heavy (non-hydrogen) atoms. The molecule has 3 aromatic rings. The van der Waals surface area contributed by atoms with E-state index in [9.17, 15) is 9.18 Å². The summed E-state index contributed by atoms with van der Waals surface area (Å²) in [5.41, 5.74) is 10.5. The van der Waals surface area contributed by atoms with Crippen LogP contribution in [0.5, 0.6) is 0 Å². The van der Waals surface area contributed by atoms with Crippen LogP contribution in [-0.4, -0.2) is 56.2 Å². The Morgan fingerprint density at radius 2 is 1.97 bits per heavy atom. The number of amides is 1. The maximum Gasteiger partial charge on any atom is 0.269 e. The molecule has 8 heteroatoms. The van der Waals surface area contributed by atoms with Crippen LogP contribution in [0.4, 0.5) is 4.39 Å².